The summed E-state index contributed by atoms with van der Waals surface area (Å²) in [7, 11) is 0. The summed E-state index contributed by atoms with van der Waals surface area (Å²) in [6.07, 6.45) is 6.06. The van der Waals surface area contributed by atoms with Gasteiger partial charge in [0.25, 0.3) is 0 Å². The highest BCUT2D eigenvalue weighted by atomic mass is 14.6. The lowest BCUT2D eigenvalue weighted by molar-refractivity contribution is 0.239. The van der Waals surface area contributed by atoms with Gasteiger partial charge < -0.3 is 0 Å². The lowest BCUT2D eigenvalue weighted by Gasteiger charge is -2.31. The van der Waals surface area contributed by atoms with Gasteiger partial charge in [-0.3, -0.25) is 0 Å². The molecule has 3 rings (SSSR count). The molecule has 0 spiro atoms. The summed E-state index contributed by atoms with van der Waals surface area (Å²) >= 11 is 0. The average Bonchev–Trinajstić information content (AvgIpc) is 2.94. The first kappa shape index (κ1) is 11.8. The maximum absolute atomic E-state index is 9.71. The van der Waals surface area contributed by atoms with E-state index >= 15 is 0 Å². The molecule has 0 N–H and O–H groups in total. The fourth-order valence-electron chi connectivity index (χ4n) is 4.17. The van der Waals surface area contributed by atoms with Gasteiger partial charge in [-0.25, -0.2) is 0 Å². The number of hydrogen-bond donors (Lipinski definition) is 0. The van der Waals surface area contributed by atoms with Crippen molar-refractivity contribution >= 4 is 0 Å². The number of rotatable bonds is 2. The van der Waals surface area contributed by atoms with Gasteiger partial charge >= 0.3 is 0 Å². The molecule has 2 saturated carbocycles. The number of nitrogens with zero attached hydrogens (tertiary/aromatic N) is 1. The largest absolute Gasteiger partial charge is 0.198 e. The van der Waals surface area contributed by atoms with Gasteiger partial charge in [0.05, 0.1) is 11.5 Å². The van der Waals surface area contributed by atoms with Crippen molar-refractivity contribution < 1.29 is 0 Å². The van der Waals surface area contributed by atoms with Crippen molar-refractivity contribution in [2.75, 3.05) is 0 Å². The van der Waals surface area contributed by atoms with Crippen molar-refractivity contribution in [3.63, 3.8) is 0 Å². The molecule has 0 aliphatic heterocycles. The van der Waals surface area contributed by atoms with Crippen LogP contribution in [0.1, 0.15) is 42.4 Å². The van der Waals surface area contributed by atoms with Crippen molar-refractivity contribution in [2.24, 2.45) is 17.3 Å². The van der Waals surface area contributed by atoms with Gasteiger partial charge in [-0.05, 0) is 62.5 Å². The minimum atomic E-state index is -0.0541. The summed E-state index contributed by atoms with van der Waals surface area (Å²) in [6.45, 7) is 4.32. The maximum Gasteiger partial charge on any atom is 0.0696 e. The Hall–Kier alpha value is -1.29. The highest BCUT2D eigenvalue weighted by molar-refractivity contribution is 5.33. The first-order valence-corrected chi connectivity index (χ1v) is 7.10. The number of nitriles is 1. The van der Waals surface area contributed by atoms with E-state index < -0.39 is 0 Å². The maximum atomic E-state index is 9.71. The van der Waals surface area contributed by atoms with Crippen LogP contribution < -0.4 is 0 Å². The van der Waals surface area contributed by atoms with Gasteiger partial charge in [0.15, 0.2) is 0 Å². The van der Waals surface area contributed by atoms with Gasteiger partial charge in [0.1, 0.15) is 0 Å². The second-order valence-electron chi connectivity index (χ2n) is 6.45. The summed E-state index contributed by atoms with van der Waals surface area (Å²) in [4.78, 5) is 0. The molecule has 1 nitrogen and oxygen atoms in total. The molecule has 18 heavy (non-hydrogen) atoms. The molecule has 2 fully saturated rings. The zero-order chi connectivity index (χ0) is 12.8. The van der Waals surface area contributed by atoms with Crippen LogP contribution in [0.15, 0.2) is 18.2 Å². The first-order chi connectivity index (χ1) is 8.63. The molecule has 94 valence electrons. The molecule has 2 aliphatic rings. The molecular formula is C17H21N. The standard InChI is InChI=1S/C17H21N/c1-12-3-4-13(2)15(7-12)10-17(11-18)9-14-5-6-16(17)8-14/h3-4,7,14,16H,5-6,8-10H2,1-2H3. The number of benzene rings is 1. The molecule has 1 aromatic rings. The number of fused-ring (bicyclic) bond motifs is 2. The second-order valence-corrected chi connectivity index (χ2v) is 6.45. The molecule has 0 heterocycles. The average molecular weight is 239 g/mol. The number of aryl methyl sites for hydroxylation is 2. The Labute approximate surface area is 110 Å². The molecule has 1 heteroatoms. The van der Waals surface area contributed by atoms with Crippen LogP contribution in [-0.2, 0) is 6.42 Å². The van der Waals surface area contributed by atoms with E-state index in [-0.39, 0.29) is 5.41 Å². The van der Waals surface area contributed by atoms with E-state index in [0.717, 1.165) is 18.8 Å². The van der Waals surface area contributed by atoms with Gasteiger partial charge in [0.2, 0.25) is 0 Å². The Morgan fingerprint density at radius 2 is 2.17 bits per heavy atom. The fraction of sp³-hybridized carbons (Fsp3) is 0.588. The smallest absolute Gasteiger partial charge is 0.0696 e. The van der Waals surface area contributed by atoms with Gasteiger partial charge in [0, 0.05) is 0 Å². The first-order valence-electron chi connectivity index (χ1n) is 7.10. The van der Waals surface area contributed by atoms with Crippen LogP contribution in [0.3, 0.4) is 0 Å². The fourth-order valence-corrected chi connectivity index (χ4v) is 4.17. The molecule has 0 saturated heterocycles. The van der Waals surface area contributed by atoms with Crippen molar-refractivity contribution in [3.8, 4) is 6.07 Å². The van der Waals surface area contributed by atoms with Crippen molar-refractivity contribution in [1.82, 2.24) is 0 Å². The van der Waals surface area contributed by atoms with Crippen LogP contribution in [0.4, 0.5) is 0 Å². The third-order valence-corrected chi connectivity index (χ3v) is 5.21. The Kier molecular flexibility index (Phi) is 2.70. The SMILES string of the molecule is Cc1ccc(C)c(CC2(C#N)CC3CCC2C3)c1. The molecule has 0 aromatic heterocycles. The van der Waals surface area contributed by atoms with Gasteiger partial charge in [-0.1, -0.05) is 30.2 Å². The topological polar surface area (TPSA) is 23.8 Å². The molecule has 3 unspecified atom stereocenters. The van der Waals surface area contributed by atoms with Crippen LogP contribution >= 0.6 is 0 Å². The van der Waals surface area contributed by atoms with Gasteiger partial charge in [-0.2, -0.15) is 5.26 Å². The Morgan fingerprint density at radius 1 is 1.33 bits per heavy atom. The molecular weight excluding hydrogens is 218 g/mol. The summed E-state index contributed by atoms with van der Waals surface area (Å²) < 4.78 is 0. The van der Waals surface area contributed by atoms with Crippen LogP contribution in [-0.4, -0.2) is 0 Å². The van der Waals surface area contributed by atoms with E-state index in [1.54, 1.807) is 0 Å². The third-order valence-electron chi connectivity index (χ3n) is 5.21. The van der Waals surface area contributed by atoms with E-state index in [2.05, 4.69) is 38.1 Å². The Morgan fingerprint density at radius 3 is 2.78 bits per heavy atom. The predicted octanol–water partition coefficient (Wildman–Crippen LogP) is 4.18. The monoisotopic (exact) mass is 239 g/mol. The van der Waals surface area contributed by atoms with Crippen molar-refractivity contribution in [2.45, 2.75) is 46.0 Å². The molecule has 0 amide bonds. The van der Waals surface area contributed by atoms with Crippen molar-refractivity contribution in [3.05, 3.63) is 34.9 Å². The summed E-state index contributed by atoms with van der Waals surface area (Å²) in [5, 5.41) is 9.71. The Bertz CT molecular complexity index is 511. The molecule has 0 radical (unpaired) electrons. The van der Waals surface area contributed by atoms with E-state index in [1.165, 1.54) is 36.0 Å². The molecule has 1 aromatic carbocycles. The normalized spacial score (nSPS) is 33.6. The van der Waals surface area contributed by atoms with Crippen LogP contribution in [0.25, 0.3) is 0 Å². The van der Waals surface area contributed by atoms with Crippen LogP contribution in [0, 0.1) is 42.4 Å². The quantitative estimate of drug-likeness (QED) is 0.759. The van der Waals surface area contributed by atoms with E-state index in [4.69, 9.17) is 0 Å². The molecule has 2 bridgehead atoms. The highest BCUT2D eigenvalue weighted by Crippen LogP contribution is 2.57. The lowest BCUT2D eigenvalue weighted by Crippen LogP contribution is -2.28. The minimum absolute atomic E-state index is 0.0541. The zero-order valence-electron chi connectivity index (χ0n) is 11.4. The highest BCUT2D eigenvalue weighted by Gasteiger charge is 2.51. The zero-order valence-corrected chi connectivity index (χ0v) is 11.4. The lowest BCUT2D eigenvalue weighted by atomic mass is 9.70. The summed E-state index contributed by atoms with van der Waals surface area (Å²) in [5.74, 6) is 1.49. The predicted molar refractivity (Wildman–Crippen MR) is 73.1 cm³/mol. The van der Waals surface area contributed by atoms with E-state index in [9.17, 15) is 5.26 Å². The number of hydrogen-bond acceptors (Lipinski definition) is 1. The van der Waals surface area contributed by atoms with Crippen LogP contribution in [0.2, 0.25) is 0 Å². The van der Waals surface area contributed by atoms with Crippen LogP contribution in [0.5, 0.6) is 0 Å². The molecule has 3 atom stereocenters. The summed E-state index contributed by atoms with van der Waals surface area (Å²) in [6, 6.07) is 9.34. The van der Waals surface area contributed by atoms with E-state index in [1.807, 2.05) is 0 Å². The van der Waals surface area contributed by atoms with Crippen molar-refractivity contribution in [1.29, 1.82) is 5.26 Å². The summed E-state index contributed by atoms with van der Waals surface area (Å²) in [5.41, 5.74) is 4.00. The minimum Gasteiger partial charge on any atom is -0.198 e. The molecule has 2 aliphatic carbocycles. The second kappa shape index (κ2) is 4.12. The van der Waals surface area contributed by atoms with Gasteiger partial charge in [-0.15, -0.1) is 0 Å². The Balaban J connectivity index is 1.91. The van der Waals surface area contributed by atoms with E-state index in [0.29, 0.717) is 5.92 Å². The third kappa shape index (κ3) is 1.75.